The van der Waals surface area contributed by atoms with Crippen molar-refractivity contribution in [2.75, 3.05) is 6.54 Å². The minimum Gasteiger partial charge on any atom is -0.481 e. The van der Waals surface area contributed by atoms with E-state index in [0.29, 0.717) is 0 Å². The number of rotatable bonds is 9. The van der Waals surface area contributed by atoms with Crippen molar-refractivity contribution >= 4 is 12.1 Å². The molecule has 0 aromatic heterocycles. The van der Waals surface area contributed by atoms with Crippen LogP contribution >= 0.6 is 0 Å². The summed E-state index contributed by atoms with van der Waals surface area (Å²) in [6, 6.07) is 12.4. The Balaban J connectivity index is 1.84. The van der Waals surface area contributed by atoms with E-state index in [4.69, 9.17) is 9.84 Å². The summed E-state index contributed by atoms with van der Waals surface area (Å²) in [5.41, 5.74) is 1.03. The number of carbonyl (C=O) groups is 2. The van der Waals surface area contributed by atoms with Gasteiger partial charge in [0.25, 0.3) is 0 Å². The lowest BCUT2D eigenvalue weighted by molar-refractivity contribution is -0.136. The molecule has 0 heterocycles. The van der Waals surface area contributed by atoms with Crippen molar-refractivity contribution in [3.63, 3.8) is 0 Å². The molecule has 2 rings (SSSR count). The zero-order valence-electron chi connectivity index (χ0n) is 15.0. The van der Waals surface area contributed by atoms with Crippen LogP contribution < -0.4 is 5.32 Å². The number of alkyl carbamates (subject to hydrolysis) is 1. The number of aliphatic hydroxyl groups is 2. The first-order valence-corrected chi connectivity index (χ1v) is 8.67. The fourth-order valence-corrected chi connectivity index (χ4v) is 2.63. The van der Waals surface area contributed by atoms with Gasteiger partial charge >= 0.3 is 12.1 Å². The molecule has 2 aromatic rings. The average molecular weight is 391 g/mol. The number of benzene rings is 2. The summed E-state index contributed by atoms with van der Waals surface area (Å²) < 4.78 is 18.5. The molecule has 150 valence electrons. The van der Waals surface area contributed by atoms with Crippen LogP contribution in [-0.2, 0) is 22.6 Å². The van der Waals surface area contributed by atoms with Crippen LogP contribution in [0, 0.1) is 5.82 Å². The third kappa shape index (κ3) is 6.64. The van der Waals surface area contributed by atoms with E-state index in [9.17, 15) is 24.2 Å². The van der Waals surface area contributed by atoms with Gasteiger partial charge in [-0.15, -0.1) is 0 Å². The van der Waals surface area contributed by atoms with E-state index in [1.807, 2.05) is 18.2 Å². The number of hydrogen-bond donors (Lipinski definition) is 4. The van der Waals surface area contributed by atoms with Crippen LogP contribution in [0.15, 0.2) is 48.5 Å². The molecule has 7 nitrogen and oxygen atoms in total. The normalized spacial score (nSPS) is 12.8. The van der Waals surface area contributed by atoms with Crippen LogP contribution in [0.5, 0.6) is 0 Å². The van der Waals surface area contributed by atoms with Gasteiger partial charge in [-0.3, -0.25) is 4.79 Å². The van der Waals surface area contributed by atoms with Crippen molar-refractivity contribution in [1.82, 2.24) is 5.32 Å². The highest BCUT2D eigenvalue weighted by Crippen LogP contribution is 2.24. The highest BCUT2D eigenvalue weighted by molar-refractivity contribution is 5.70. The molecule has 0 aliphatic rings. The largest absolute Gasteiger partial charge is 0.481 e. The van der Waals surface area contributed by atoms with Crippen molar-refractivity contribution in [1.29, 1.82) is 0 Å². The maximum absolute atomic E-state index is 13.5. The van der Waals surface area contributed by atoms with Gasteiger partial charge in [-0.1, -0.05) is 36.4 Å². The lowest BCUT2D eigenvalue weighted by Crippen LogP contribution is -2.30. The number of aliphatic carboxylic acids is 1. The predicted molar refractivity (Wildman–Crippen MR) is 98.0 cm³/mol. The summed E-state index contributed by atoms with van der Waals surface area (Å²) in [4.78, 5) is 22.6. The second-order valence-electron chi connectivity index (χ2n) is 6.20. The second kappa shape index (κ2) is 10.4. The van der Waals surface area contributed by atoms with Gasteiger partial charge in [0.1, 0.15) is 18.5 Å². The Bertz CT molecular complexity index is 799. The molecule has 2 unspecified atom stereocenters. The Morgan fingerprint density at radius 2 is 1.82 bits per heavy atom. The smallest absolute Gasteiger partial charge is 0.407 e. The maximum Gasteiger partial charge on any atom is 0.407 e. The van der Waals surface area contributed by atoms with Gasteiger partial charge in [0.15, 0.2) is 0 Å². The number of carbonyl (C=O) groups excluding carboxylic acids is 1. The molecule has 0 spiro atoms. The van der Waals surface area contributed by atoms with Gasteiger partial charge in [0, 0.05) is 6.54 Å². The lowest BCUT2D eigenvalue weighted by atomic mass is 9.95. The summed E-state index contributed by atoms with van der Waals surface area (Å²) in [5.74, 6) is -1.80. The predicted octanol–water partition coefficient (Wildman–Crippen LogP) is 2.16. The monoisotopic (exact) mass is 391 g/mol. The molecule has 2 aromatic carbocycles. The molecule has 2 atom stereocenters. The van der Waals surface area contributed by atoms with Crippen LogP contribution in [0.4, 0.5) is 9.18 Å². The van der Waals surface area contributed by atoms with Crippen LogP contribution in [0.3, 0.4) is 0 Å². The number of aliphatic hydroxyl groups excluding tert-OH is 2. The summed E-state index contributed by atoms with van der Waals surface area (Å²) in [6.07, 6.45) is -3.95. The molecule has 0 aliphatic carbocycles. The molecule has 0 fully saturated rings. The van der Waals surface area contributed by atoms with Crippen molar-refractivity contribution in [3.05, 3.63) is 71.0 Å². The molecule has 8 heteroatoms. The minimum absolute atomic E-state index is 0.00144. The van der Waals surface area contributed by atoms with Crippen LogP contribution in [0.1, 0.15) is 29.2 Å². The van der Waals surface area contributed by atoms with Gasteiger partial charge in [0.2, 0.25) is 0 Å². The molecule has 28 heavy (non-hydrogen) atoms. The third-order valence-electron chi connectivity index (χ3n) is 4.05. The Morgan fingerprint density at radius 3 is 2.50 bits per heavy atom. The molecule has 0 saturated heterocycles. The number of halogens is 1. The number of ether oxygens (including phenoxy) is 1. The molecule has 0 bridgehead atoms. The molecule has 1 amide bonds. The average Bonchev–Trinajstić information content (AvgIpc) is 2.67. The number of nitrogens with one attached hydrogen (secondary N) is 1. The van der Waals surface area contributed by atoms with Crippen LogP contribution in [-0.4, -0.2) is 40.0 Å². The van der Waals surface area contributed by atoms with E-state index < -0.39 is 36.5 Å². The number of hydrogen-bond acceptors (Lipinski definition) is 5. The van der Waals surface area contributed by atoms with Gasteiger partial charge < -0.3 is 25.4 Å². The van der Waals surface area contributed by atoms with E-state index >= 15 is 0 Å². The standard InChI is InChI=1S/C20H22FNO6/c21-15-7-6-14(10-18(24)25)16(11-15)19(26)17(23)8-9-22-20(27)28-12-13-4-2-1-3-5-13/h1-7,11,17,19,23,26H,8-10,12H2,(H,22,27)(H,24,25). The Labute approximate surface area is 161 Å². The van der Waals surface area contributed by atoms with Crippen molar-refractivity contribution in [2.24, 2.45) is 0 Å². The molecular formula is C20H22FNO6. The zero-order valence-corrected chi connectivity index (χ0v) is 15.0. The molecule has 4 N–H and O–H groups in total. The van der Waals surface area contributed by atoms with Gasteiger partial charge in [-0.25, -0.2) is 9.18 Å². The molecular weight excluding hydrogens is 369 g/mol. The van der Waals surface area contributed by atoms with E-state index in [1.165, 1.54) is 6.07 Å². The second-order valence-corrected chi connectivity index (χ2v) is 6.20. The number of carboxylic acid groups (broad SMARTS) is 1. The quantitative estimate of drug-likeness (QED) is 0.521. The molecule has 0 radical (unpaired) electrons. The fourth-order valence-electron chi connectivity index (χ4n) is 2.63. The summed E-state index contributed by atoms with van der Waals surface area (Å²) in [7, 11) is 0. The summed E-state index contributed by atoms with van der Waals surface area (Å²) in [6.45, 7) is 0.106. The summed E-state index contributed by atoms with van der Waals surface area (Å²) in [5, 5.41) is 31.8. The minimum atomic E-state index is -1.49. The fraction of sp³-hybridized carbons (Fsp3) is 0.300. The van der Waals surface area contributed by atoms with E-state index in [0.717, 1.165) is 17.7 Å². The Morgan fingerprint density at radius 1 is 1.11 bits per heavy atom. The number of amides is 1. The van der Waals surface area contributed by atoms with Crippen LogP contribution in [0.2, 0.25) is 0 Å². The first-order chi connectivity index (χ1) is 13.4. The van der Waals surface area contributed by atoms with Crippen molar-refractivity contribution in [2.45, 2.75) is 31.7 Å². The first-order valence-electron chi connectivity index (χ1n) is 8.67. The van der Waals surface area contributed by atoms with Gasteiger partial charge in [0.05, 0.1) is 12.5 Å². The van der Waals surface area contributed by atoms with E-state index in [2.05, 4.69) is 5.32 Å². The van der Waals surface area contributed by atoms with Gasteiger partial charge in [-0.2, -0.15) is 0 Å². The maximum atomic E-state index is 13.5. The lowest BCUT2D eigenvalue weighted by Gasteiger charge is -2.21. The van der Waals surface area contributed by atoms with E-state index in [1.54, 1.807) is 12.1 Å². The Kier molecular flexibility index (Phi) is 7.91. The van der Waals surface area contributed by atoms with Gasteiger partial charge in [-0.05, 0) is 35.2 Å². The highest BCUT2D eigenvalue weighted by atomic mass is 19.1. The highest BCUT2D eigenvalue weighted by Gasteiger charge is 2.22. The third-order valence-corrected chi connectivity index (χ3v) is 4.05. The molecule has 0 aliphatic heterocycles. The van der Waals surface area contributed by atoms with Crippen molar-refractivity contribution in [3.8, 4) is 0 Å². The summed E-state index contributed by atoms with van der Waals surface area (Å²) >= 11 is 0. The molecule has 0 saturated carbocycles. The van der Waals surface area contributed by atoms with Crippen LogP contribution in [0.25, 0.3) is 0 Å². The SMILES string of the molecule is O=C(O)Cc1ccc(F)cc1C(O)C(O)CCNC(=O)OCc1ccccc1. The zero-order chi connectivity index (χ0) is 20.5. The van der Waals surface area contributed by atoms with E-state index in [-0.39, 0.29) is 30.7 Å². The Hall–Kier alpha value is -2.97. The van der Waals surface area contributed by atoms with Crippen molar-refractivity contribution < 1.29 is 34.0 Å². The topological polar surface area (TPSA) is 116 Å². The number of carboxylic acids is 1. The first kappa shape index (κ1) is 21.3.